The molecule has 1 heterocycles. The van der Waals surface area contributed by atoms with Gasteiger partial charge in [0.05, 0.1) is 11.0 Å². The molecule has 2 heteroatoms. The molecule has 0 radical (unpaired) electrons. The van der Waals surface area contributed by atoms with Crippen molar-refractivity contribution in [1.82, 2.24) is 4.57 Å². The van der Waals surface area contributed by atoms with Crippen LogP contribution in [-0.4, -0.2) is 4.57 Å². The van der Waals surface area contributed by atoms with Crippen LogP contribution in [0.1, 0.15) is 5.56 Å². The number of aromatic nitrogens is 1. The summed E-state index contributed by atoms with van der Waals surface area (Å²) in [5.41, 5.74) is 13.1. The molecule has 11 aromatic rings. The summed E-state index contributed by atoms with van der Waals surface area (Å²) in [6.07, 6.45) is 0. The van der Waals surface area contributed by atoms with Crippen LogP contribution in [0.25, 0.3) is 82.1 Å². The van der Waals surface area contributed by atoms with Gasteiger partial charge in [-0.3, -0.25) is 0 Å². The fraction of sp³-hybridized carbons (Fsp3) is 0.0182. The zero-order valence-corrected chi connectivity index (χ0v) is 31.6. The van der Waals surface area contributed by atoms with Crippen LogP contribution in [0, 0.1) is 6.92 Å². The number of nitrogens with zero attached hydrogens (tertiary/aromatic N) is 2. The van der Waals surface area contributed by atoms with E-state index in [1.54, 1.807) is 0 Å². The van der Waals surface area contributed by atoms with E-state index in [-0.39, 0.29) is 0 Å². The van der Waals surface area contributed by atoms with Gasteiger partial charge in [-0.1, -0.05) is 151 Å². The molecule has 1 aromatic heterocycles. The molecule has 268 valence electrons. The minimum absolute atomic E-state index is 1.10. The van der Waals surface area contributed by atoms with Crippen molar-refractivity contribution in [1.29, 1.82) is 0 Å². The van der Waals surface area contributed by atoms with Gasteiger partial charge >= 0.3 is 0 Å². The first-order valence-corrected chi connectivity index (χ1v) is 19.7. The molecule has 0 spiro atoms. The average molecular weight is 727 g/mol. The normalized spacial score (nSPS) is 11.6. The lowest BCUT2D eigenvalue weighted by molar-refractivity contribution is 1.17. The van der Waals surface area contributed by atoms with E-state index in [0.717, 1.165) is 22.7 Å². The Morgan fingerprint density at radius 1 is 0.333 bits per heavy atom. The van der Waals surface area contributed by atoms with E-state index in [1.807, 2.05) is 0 Å². The summed E-state index contributed by atoms with van der Waals surface area (Å²) >= 11 is 0. The number of aryl methyl sites for hydroxylation is 1. The van der Waals surface area contributed by atoms with Gasteiger partial charge in [-0.2, -0.15) is 0 Å². The Morgan fingerprint density at radius 3 is 1.49 bits per heavy atom. The van der Waals surface area contributed by atoms with Gasteiger partial charge in [-0.15, -0.1) is 0 Å². The van der Waals surface area contributed by atoms with Gasteiger partial charge < -0.3 is 9.47 Å². The minimum Gasteiger partial charge on any atom is -0.311 e. The highest BCUT2D eigenvalue weighted by molar-refractivity contribution is 6.22. The van der Waals surface area contributed by atoms with Gasteiger partial charge in [0.2, 0.25) is 0 Å². The van der Waals surface area contributed by atoms with E-state index in [0.29, 0.717) is 0 Å². The maximum atomic E-state index is 2.37. The van der Waals surface area contributed by atoms with Crippen LogP contribution in [0.4, 0.5) is 17.1 Å². The van der Waals surface area contributed by atoms with E-state index < -0.39 is 0 Å². The van der Waals surface area contributed by atoms with Crippen LogP contribution < -0.4 is 4.90 Å². The Bertz CT molecular complexity index is 3230. The molecule has 0 fully saturated rings. The van der Waals surface area contributed by atoms with Gasteiger partial charge in [0.25, 0.3) is 0 Å². The van der Waals surface area contributed by atoms with Crippen molar-refractivity contribution >= 4 is 71.2 Å². The first-order chi connectivity index (χ1) is 28.2. The molecule has 0 amide bonds. The van der Waals surface area contributed by atoms with Crippen molar-refractivity contribution in [2.45, 2.75) is 6.92 Å². The molecule has 0 saturated carbocycles. The summed E-state index contributed by atoms with van der Waals surface area (Å²) in [7, 11) is 0. The van der Waals surface area contributed by atoms with Gasteiger partial charge in [0.15, 0.2) is 0 Å². The van der Waals surface area contributed by atoms with Crippen LogP contribution in [-0.2, 0) is 0 Å². The number of benzene rings is 10. The van der Waals surface area contributed by atoms with Gasteiger partial charge in [-0.05, 0) is 128 Å². The van der Waals surface area contributed by atoms with Gasteiger partial charge in [-0.25, -0.2) is 0 Å². The monoisotopic (exact) mass is 726 g/mol. The smallest absolute Gasteiger partial charge is 0.0541 e. The summed E-state index contributed by atoms with van der Waals surface area (Å²) in [6, 6.07) is 77.5. The number of hydrogen-bond acceptors (Lipinski definition) is 1. The van der Waals surface area contributed by atoms with Crippen molar-refractivity contribution in [2.24, 2.45) is 0 Å². The van der Waals surface area contributed by atoms with Gasteiger partial charge in [0, 0.05) is 33.5 Å². The molecule has 0 unspecified atom stereocenters. The highest BCUT2D eigenvalue weighted by Gasteiger charge is 2.19. The molecule has 0 saturated heterocycles. The standard InChI is InChI=1S/C55H38N2/c1-37-23-34-50-51(35-37)54(48-19-7-8-20-49(48)55(50)41-25-24-38-13-5-6-14-40(38)36-41)39-26-28-43(29-27-39)56(42-15-3-2-4-16-42)44-30-32-45(33-31-44)57-52-21-11-9-17-46(52)47-18-10-12-22-53(47)57/h2-36H,1H3. The minimum atomic E-state index is 1.10. The molecule has 0 aliphatic rings. The molecule has 0 atom stereocenters. The Morgan fingerprint density at radius 2 is 0.825 bits per heavy atom. The first kappa shape index (κ1) is 33.0. The lowest BCUT2D eigenvalue weighted by atomic mass is 9.85. The van der Waals surface area contributed by atoms with Crippen LogP contribution in [0.5, 0.6) is 0 Å². The van der Waals surface area contributed by atoms with Gasteiger partial charge in [0.1, 0.15) is 0 Å². The maximum absolute atomic E-state index is 2.37. The fourth-order valence-electron chi connectivity index (χ4n) is 9.01. The lowest BCUT2D eigenvalue weighted by Gasteiger charge is -2.26. The Kier molecular flexibility index (Phi) is 7.75. The zero-order valence-electron chi connectivity index (χ0n) is 31.6. The summed E-state index contributed by atoms with van der Waals surface area (Å²) in [5, 5.41) is 10.1. The second-order valence-electron chi connectivity index (χ2n) is 15.0. The molecule has 10 aromatic carbocycles. The first-order valence-electron chi connectivity index (χ1n) is 19.7. The van der Waals surface area contributed by atoms with E-state index in [4.69, 9.17) is 0 Å². The number of anilines is 3. The molecule has 0 bridgehead atoms. The van der Waals surface area contributed by atoms with Crippen molar-refractivity contribution in [3.8, 4) is 27.9 Å². The largest absolute Gasteiger partial charge is 0.311 e. The molecule has 57 heavy (non-hydrogen) atoms. The second kappa shape index (κ2) is 13.4. The summed E-state index contributed by atoms with van der Waals surface area (Å²) < 4.78 is 2.37. The van der Waals surface area contributed by atoms with E-state index in [2.05, 4.69) is 229 Å². The van der Waals surface area contributed by atoms with Crippen LogP contribution >= 0.6 is 0 Å². The van der Waals surface area contributed by atoms with Crippen LogP contribution in [0.3, 0.4) is 0 Å². The highest BCUT2D eigenvalue weighted by Crippen LogP contribution is 2.45. The molecule has 2 nitrogen and oxygen atoms in total. The Labute approximate surface area is 332 Å². The molecule has 0 aliphatic heterocycles. The molecular formula is C55H38N2. The molecule has 11 rings (SSSR count). The van der Waals surface area contributed by atoms with Crippen molar-refractivity contribution in [3.05, 3.63) is 218 Å². The average Bonchev–Trinajstić information content (AvgIpc) is 3.61. The number of para-hydroxylation sites is 3. The zero-order chi connectivity index (χ0) is 37.9. The predicted octanol–water partition coefficient (Wildman–Crippen LogP) is 15.4. The quantitative estimate of drug-likeness (QED) is 0.155. The lowest BCUT2D eigenvalue weighted by Crippen LogP contribution is -2.10. The second-order valence-corrected chi connectivity index (χ2v) is 15.0. The van der Waals surface area contributed by atoms with Crippen molar-refractivity contribution in [3.63, 3.8) is 0 Å². The Hall–Kier alpha value is -7.42. The highest BCUT2D eigenvalue weighted by atomic mass is 15.1. The van der Waals surface area contributed by atoms with Crippen molar-refractivity contribution < 1.29 is 0 Å². The van der Waals surface area contributed by atoms with Crippen molar-refractivity contribution in [2.75, 3.05) is 4.90 Å². The summed E-state index contributed by atoms with van der Waals surface area (Å²) in [5.74, 6) is 0. The molecular weight excluding hydrogens is 689 g/mol. The topological polar surface area (TPSA) is 8.17 Å². The fourth-order valence-corrected chi connectivity index (χ4v) is 9.01. The van der Waals surface area contributed by atoms with Crippen LogP contribution in [0.15, 0.2) is 212 Å². The predicted molar refractivity (Wildman–Crippen MR) is 244 cm³/mol. The Balaban J connectivity index is 1.04. The van der Waals surface area contributed by atoms with E-state index in [1.165, 1.54) is 81.9 Å². The maximum Gasteiger partial charge on any atom is 0.0541 e. The summed E-state index contributed by atoms with van der Waals surface area (Å²) in [6.45, 7) is 2.20. The van der Waals surface area contributed by atoms with E-state index >= 15 is 0 Å². The number of hydrogen-bond donors (Lipinski definition) is 0. The molecule has 0 N–H and O–H groups in total. The third-order valence-electron chi connectivity index (χ3n) is 11.6. The molecule has 0 aliphatic carbocycles. The SMILES string of the molecule is Cc1ccc2c(-c3ccc4ccccc4c3)c3ccccc3c(-c3ccc(N(c4ccccc4)c4ccc(-n5c6ccccc6c6ccccc65)cc4)cc3)c2c1. The van der Waals surface area contributed by atoms with Crippen LogP contribution in [0.2, 0.25) is 0 Å². The third-order valence-corrected chi connectivity index (χ3v) is 11.6. The third kappa shape index (κ3) is 5.49. The number of fused-ring (bicyclic) bond motifs is 6. The number of rotatable bonds is 6. The van der Waals surface area contributed by atoms with E-state index in [9.17, 15) is 0 Å². The summed E-state index contributed by atoms with van der Waals surface area (Å²) in [4.78, 5) is 2.35.